The van der Waals surface area contributed by atoms with Crippen LogP contribution in [0.15, 0.2) is 36.4 Å². The van der Waals surface area contributed by atoms with Crippen LogP contribution in [0.3, 0.4) is 0 Å². The van der Waals surface area contributed by atoms with Gasteiger partial charge in [0.15, 0.2) is 6.61 Å². The summed E-state index contributed by atoms with van der Waals surface area (Å²) in [6.07, 6.45) is 0. The summed E-state index contributed by atoms with van der Waals surface area (Å²) < 4.78 is 31.2. The van der Waals surface area contributed by atoms with Crippen molar-refractivity contribution in [1.82, 2.24) is 0 Å². The lowest BCUT2D eigenvalue weighted by Crippen LogP contribution is -2.21. The molecule has 0 radical (unpaired) electrons. The van der Waals surface area contributed by atoms with Gasteiger partial charge in [-0.1, -0.05) is 6.07 Å². The number of carbonyl (C=O) groups is 2. The zero-order chi connectivity index (χ0) is 17.0. The van der Waals surface area contributed by atoms with E-state index in [9.17, 15) is 18.4 Å². The first-order valence-corrected chi connectivity index (χ1v) is 6.86. The highest BCUT2D eigenvalue weighted by Gasteiger charge is 2.13. The Labute approximate surface area is 132 Å². The molecule has 4 nitrogen and oxygen atoms in total. The summed E-state index contributed by atoms with van der Waals surface area (Å²) >= 11 is 0. The molecule has 2 aromatic carbocycles. The summed E-state index contributed by atoms with van der Waals surface area (Å²) in [6, 6.07) is 7.69. The van der Waals surface area contributed by atoms with Crippen molar-refractivity contribution in [2.75, 3.05) is 11.9 Å². The molecule has 0 heterocycles. The van der Waals surface area contributed by atoms with Gasteiger partial charge in [0.2, 0.25) is 0 Å². The molecule has 0 saturated heterocycles. The Hall–Kier alpha value is -2.76. The van der Waals surface area contributed by atoms with Crippen LogP contribution in [-0.4, -0.2) is 18.5 Å². The third-order valence-electron chi connectivity index (χ3n) is 3.28. The maximum atomic E-state index is 13.4. The smallest absolute Gasteiger partial charge is 0.338 e. The van der Waals surface area contributed by atoms with Gasteiger partial charge in [0.1, 0.15) is 11.6 Å². The van der Waals surface area contributed by atoms with Crippen LogP contribution in [-0.2, 0) is 9.53 Å². The SMILES string of the molecule is Cc1ccc(C(=O)OCC(=O)Nc2cc(F)ccc2F)cc1C. The summed E-state index contributed by atoms with van der Waals surface area (Å²) in [7, 11) is 0. The van der Waals surface area contributed by atoms with E-state index in [0.717, 1.165) is 29.3 Å². The van der Waals surface area contributed by atoms with E-state index in [1.165, 1.54) is 0 Å². The van der Waals surface area contributed by atoms with Gasteiger partial charge in [-0.25, -0.2) is 13.6 Å². The fraction of sp³-hybridized carbons (Fsp3) is 0.176. The van der Waals surface area contributed by atoms with Crippen LogP contribution in [0.4, 0.5) is 14.5 Å². The van der Waals surface area contributed by atoms with Crippen molar-refractivity contribution in [3.8, 4) is 0 Å². The molecule has 0 aliphatic carbocycles. The lowest BCUT2D eigenvalue weighted by Gasteiger charge is -2.08. The Morgan fingerprint density at radius 1 is 1.04 bits per heavy atom. The lowest BCUT2D eigenvalue weighted by molar-refractivity contribution is -0.119. The highest BCUT2D eigenvalue weighted by molar-refractivity contribution is 5.95. The van der Waals surface area contributed by atoms with Crippen LogP contribution < -0.4 is 5.32 Å². The molecule has 0 spiro atoms. The molecule has 0 fully saturated rings. The van der Waals surface area contributed by atoms with Crippen molar-refractivity contribution in [3.63, 3.8) is 0 Å². The molecule has 0 bridgehead atoms. The predicted molar refractivity (Wildman–Crippen MR) is 81.2 cm³/mol. The Morgan fingerprint density at radius 3 is 2.48 bits per heavy atom. The highest BCUT2D eigenvalue weighted by Crippen LogP contribution is 2.15. The van der Waals surface area contributed by atoms with Gasteiger partial charge in [-0.05, 0) is 49.2 Å². The number of hydrogen-bond acceptors (Lipinski definition) is 3. The number of aryl methyl sites for hydroxylation is 2. The number of halogens is 2. The Balaban J connectivity index is 1.94. The maximum Gasteiger partial charge on any atom is 0.338 e. The topological polar surface area (TPSA) is 55.4 Å². The minimum absolute atomic E-state index is 0.308. The van der Waals surface area contributed by atoms with E-state index in [2.05, 4.69) is 5.32 Å². The molecule has 0 aromatic heterocycles. The van der Waals surface area contributed by atoms with E-state index in [4.69, 9.17) is 4.74 Å². The normalized spacial score (nSPS) is 10.3. The first kappa shape index (κ1) is 16.6. The van der Waals surface area contributed by atoms with Gasteiger partial charge >= 0.3 is 5.97 Å². The van der Waals surface area contributed by atoms with Crippen molar-refractivity contribution in [2.24, 2.45) is 0 Å². The van der Waals surface area contributed by atoms with Gasteiger partial charge in [-0.15, -0.1) is 0 Å². The van der Waals surface area contributed by atoms with Crippen LogP contribution in [0, 0.1) is 25.5 Å². The zero-order valence-electron chi connectivity index (χ0n) is 12.7. The summed E-state index contributed by atoms with van der Waals surface area (Å²) in [5.74, 6) is -2.89. The minimum Gasteiger partial charge on any atom is -0.452 e. The second kappa shape index (κ2) is 7.00. The molecule has 2 rings (SSSR count). The molecule has 0 aliphatic rings. The number of ether oxygens (including phenoxy) is 1. The standard InChI is InChI=1S/C17H15F2NO3/c1-10-3-4-12(7-11(10)2)17(22)23-9-16(21)20-15-8-13(18)5-6-14(15)19/h3-8H,9H2,1-2H3,(H,20,21). The van der Waals surface area contributed by atoms with Crippen LogP contribution >= 0.6 is 0 Å². The molecule has 1 amide bonds. The number of amides is 1. The molecular weight excluding hydrogens is 304 g/mol. The number of rotatable bonds is 4. The average Bonchev–Trinajstić information content (AvgIpc) is 2.51. The summed E-state index contributed by atoms with van der Waals surface area (Å²) in [6.45, 7) is 3.17. The molecule has 0 atom stereocenters. The number of nitrogens with one attached hydrogen (secondary N) is 1. The fourth-order valence-electron chi connectivity index (χ4n) is 1.86. The third kappa shape index (κ3) is 4.35. The van der Waals surface area contributed by atoms with E-state index >= 15 is 0 Å². The molecule has 120 valence electrons. The lowest BCUT2D eigenvalue weighted by atomic mass is 10.1. The van der Waals surface area contributed by atoms with Crippen molar-refractivity contribution in [2.45, 2.75) is 13.8 Å². The first-order valence-electron chi connectivity index (χ1n) is 6.86. The number of hydrogen-bond donors (Lipinski definition) is 1. The minimum atomic E-state index is -0.778. The zero-order valence-corrected chi connectivity index (χ0v) is 12.7. The number of anilines is 1. The largest absolute Gasteiger partial charge is 0.452 e. The second-order valence-electron chi connectivity index (χ2n) is 5.05. The second-order valence-corrected chi connectivity index (χ2v) is 5.05. The molecule has 1 N–H and O–H groups in total. The Morgan fingerprint density at radius 2 is 1.78 bits per heavy atom. The van der Waals surface area contributed by atoms with Gasteiger partial charge < -0.3 is 10.1 Å². The van der Waals surface area contributed by atoms with Gasteiger partial charge in [0.05, 0.1) is 11.3 Å². The van der Waals surface area contributed by atoms with E-state index < -0.39 is 30.1 Å². The monoisotopic (exact) mass is 319 g/mol. The van der Waals surface area contributed by atoms with E-state index in [1.807, 2.05) is 13.8 Å². The first-order chi connectivity index (χ1) is 10.9. The van der Waals surface area contributed by atoms with E-state index in [1.54, 1.807) is 18.2 Å². The maximum absolute atomic E-state index is 13.4. The van der Waals surface area contributed by atoms with Crippen LogP contribution in [0.5, 0.6) is 0 Å². The molecule has 6 heteroatoms. The van der Waals surface area contributed by atoms with Gasteiger partial charge in [0, 0.05) is 6.07 Å². The molecular formula is C17H15F2NO3. The number of benzene rings is 2. The summed E-state index contributed by atoms with van der Waals surface area (Å²) in [5.41, 5.74) is 1.96. The van der Waals surface area contributed by atoms with Crippen LogP contribution in [0.2, 0.25) is 0 Å². The molecule has 2 aromatic rings. The average molecular weight is 319 g/mol. The fourth-order valence-corrected chi connectivity index (χ4v) is 1.86. The number of esters is 1. The van der Waals surface area contributed by atoms with E-state index in [-0.39, 0.29) is 5.69 Å². The van der Waals surface area contributed by atoms with Gasteiger partial charge in [-0.2, -0.15) is 0 Å². The van der Waals surface area contributed by atoms with Crippen molar-refractivity contribution >= 4 is 17.6 Å². The summed E-state index contributed by atoms with van der Waals surface area (Å²) in [5, 5.41) is 2.15. The molecule has 23 heavy (non-hydrogen) atoms. The van der Waals surface area contributed by atoms with Gasteiger partial charge in [0.25, 0.3) is 5.91 Å². The predicted octanol–water partition coefficient (Wildman–Crippen LogP) is 3.38. The third-order valence-corrected chi connectivity index (χ3v) is 3.28. The molecule has 0 aliphatic heterocycles. The van der Waals surface area contributed by atoms with Crippen LogP contribution in [0.1, 0.15) is 21.5 Å². The van der Waals surface area contributed by atoms with Crippen molar-refractivity contribution < 1.29 is 23.1 Å². The van der Waals surface area contributed by atoms with Gasteiger partial charge in [-0.3, -0.25) is 4.79 Å². The molecule has 0 saturated carbocycles. The Kier molecular flexibility index (Phi) is 5.05. The Bertz CT molecular complexity index is 759. The van der Waals surface area contributed by atoms with E-state index in [0.29, 0.717) is 5.56 Å². The van der Waals surface area contributed by atoms with Crippen LogP contribution in [0.25, 0.3) is 0 Å². The van der Waals surface area contributed by atoms with Crippen molar-refractivity contribution in [1.29, 1.82) is 0 Å². The van der Waals surface area contributed by atoms with Crippen molar-refractivity contribution in [3.05, 3.63) is 64.7 Å². The highest BCUT2D eigenvalue weighted by atomic mass is 19.1. The quantitative estimate of drug-likeness (QED) is 0.879. The molecule has 0 unspecified atom stereocenters. The number of carbonyl (C=O) groups excluding carboxylic acids is 2. The summed E-state index contributed by atoms with van der Waals surface area (Å²) in [4.78, 5) is 23.5.